The molecule has 0 saturated heterocycles. The highest BCUT2D eigenvalue weighted by molar-refractivity contribution is 5.07. The van der Waals surface area contributed by atoms with Gasteiger partial charge in [0.05, 0.1) is 5.54 Å². The van der Waals surface area contributed by atoms with E-state index < -0.39 is 0 Å². The van der Waals surface area contributed by atoms with E-state index in [1.165, 1.54) is 12.8 Å². The van der Waals surface area contributed by atoms with Gasteiger partial charge in [0, 0.05) is 12.4 Å². The van der Waals surface area contributed by atoms with Gasteiger partial charge < -0.3 is 10.7 Å². The maximum Gasteiger partial charge on any atom is 0.126 e. The number of aromatic nitrogens is 2. The highest BCUT2D eigenvalue weighted by Gasteiger charge is 2.35. The second-order valence-electron chi connectivity index (χ2n) is 5.18. The summed E-state index contributed by atoms with van der Waals surface area (Å²) >= 11 is 0. The summed E-state index contributed by atoms with van der Waals surface area (Å²) in [5, 5.41) is 0. The molecule has 0 aromatic carbocycles. The summed E-state index contributed by atoms with van der Waals surface area (Å²) in [5.41, 5.74) is 6.19. The van der Waals surface area contributed by atoms with Gasteiger partial charge in [0.2, 0.25) is 0 Å². The van der Waals surface area contributed by atoms with Crippen LogP contribution >= 0.6 is 0 Å². The second-order valence-corrected chi connectivity index (χ2v) is 5.18. The van der Waals surface area contributed by atoms with Crippen LogP contribution < -0.4 is 5.73 Å². The van der Waals surface area contributed by atoms with Gasteiger partial charge >= 0.3 is 0 Å². The molecule has 84 valence electrons. The number of nitrogens with zero attached hydrogens (tertiary/aromatic N) is 1. The minimum Gasteiger partial charge on any atom is -0.347 e. The van der Waals surface area contributed by atoms with Gasteiger partial charge in [0.15, 0.2) is 0 Å². The predicted octanol–water partition coefficient (Wildman–Crippen LogP) is 2.41. The van der Waals surface area contributed by atoms with E-state index in [-0.39, 0.29) is 5.54 Å². The first kappa shape index (κ1) is 10.7. The molecular formula is C12H21N3. The third-order valence-electron chi connectivity index (χ3n) is 3.84. The fraction of sp³-hybridized carbons (Fsp3) is 0.750. The summed E-state index contributed by atoms with van der Waals surface area (Å²) in [6.07, 6.45) is 8.23. The summed E-state index contributed by atoms with van der Waals surface area (Å²) in [7, 11) is 0. The lowest BCUT2D eigenvalue weighted by Crippen LogP contribution is -2.42. The van der Waals surface area contributed by atoms with Crippen LogP contribution in [0.2, 0.25) is 0 Å². The Kier molecular flexibility index (Phi) is 2.83. The average molecular weight is 207 g/mol. The Bertz CT molecular complexity index is 295. The van der Waals surface area contributed by atoms with Crippen LogP contribution in [-0.2, 0) is 5.54 Å². The molecule has 3 nitrogen and oxygen atoms in total. The van der Waals surface area contributed by atoms with E-state index in [1.54, 1.807) is 6.20 Å². The van der Waals surface area contributed by atoms with Crippen molar-refractivity contribution < 1.29 is 0 Å². The van der Waals surface area contributed by atoms with Gasteiger partial charge in [-0.1, -0.05) is 13.8 Å². The van der Waals surface area contributed by atoms with Crippen molar-refractivity contribution in [2.75, 3.05) is 0 Å². The lowest BCUT2D eigenvalue weighted by molar-refractivity contribution is 0.189. The highest BCUT2D eigenvalue weighted by atomic mass is 15.0. The quantitative estimate of drug-likeness (QED) is 0.782. The molecule has 1 aromatic rings. The molecule has 1 aliphatic carbocycles. The first-order valence-electron chi connectivity index (χ1n) is 5.90. The Morgan fingerprint density at radius 1 is 1.47 bits per heavy atom. The highest BCUT2D eigenvalue weighted by Crippen LogP contribution is 2.38. The Morgan fingerprint density at radius 2 is 2.13 bits per heavy atom. The molecule has 0 bridgehead atoms. The van der Waals surface area contributed by atoms with Crippen LogP contribution in [0.15, 0.2) is 12.4 Å². The monoisotopic (exact) mass is 207 g/mol. The number of aromatic amines is 1. The van der Waals surface area contributed by atoms with E-state index in [9.17, 15) is 0 Å². The Morgan fingerprint density at radius 3 is 2.60 bits per heavy atom. The zero-order valence-corrected chi connectivity index (χ0v) is 9.66. The zero-order chi connectivity index (χ0) is 10.9. The Hall–Kier alpha value is -0.830. The van der Waals surface area contributed by atoms with Crippen molar-refractivity contribution in [3.8, 4) is 0 Å². The van der Waals surface area contributed by atoms with Crippen LogP contribution in [0.4, 0.5) is 0 Å². The third kappa shape index (κ3) is 2.07. The third-order valence-corrected chi connectivity index (χ3v) is 3.84. The molecule has 0 aliphatic heterocycles. The van der Waals surface area contributed by atoms with Crippen LogP contribution in [0, 0.1) is 11.8 Å². The summed E-state index contributed by atoms with van der Waals surface area (Å²) in [4.78, 5) is 7.46. The van der Waals surface area contributed by atoms with E-state index in [0.717, 1.165) is 30.5 Å². The molecule has 15 heavy (non-hydrogen) atoms. The fourth-order valence-corrected chi connectivity index (χ4v) is 2.60. The van der Waals surface area contributed by atoms with Crippen molar-refractivity contribution >= 4 is 0 Å². The second kappa shape index (κ2) is 3.97. The number of rotatable bonds is 2. The van der Waals surface area contributed by atoms with Crippen LogP contribution in [0.3, 0.4) is 0 Å². The molecule has 1 aliphatic rings. The summed E-state index contributed by atoms with van der Waals surface area (Å²) < 4.78 is 0. The maximum atomic E-state index is 6.39. The number of H-pyrrole nitrogens is 1. The normalized spacial score (nSPS) is 32.1. The van der Waals surface area contributed by atoms with Crippen LogP contribution in [0.5, 0.6) is 0 Å². The van der Waals surface area contributed by atoms with Gasteiger partial charge in [0.1, 0.15) is 5.82 Å². The average Bonchev–Trinajstić information content (AvgIpc) is 2.71. The van der Waals surface area contributed by atoms with Crippen LogP contribution in [-0.4, -0.2) is 9.97 Å². The number of imidazole rings is 1. The fourth-order valence-electron chi connectivity index (χ4n) is 2.60. The Labute approximate surface area is 91.5 Å². The first-order chi connectivity index (χ1) is 7.12. The predicted molar refractivity (Wildman–Crippen MR) is 61.2 cm³/mol. The molecule has 0 atom stereocenters. The SMILES string of the molecule is CC(C)C1CCC(N)(c2ncc[nH]2)CC1. The van der Waals surface area contributed by atoms with Crippen LogP contribution in [0.25, 0.3) is 0 Å². The van der Waals surface area contributed by atoms with Crippen molar-refractivity contribution in [2.24, 2.45) is 17.6 Å². The van der Waals surface area contributed by atoms with Gasteiger partial charge in [-0.25, -0.2) is 4.98 Å². The molecule has 0 amide bonds. The molecular weight excluding hydrogens is 186 g/mol. The minimum absolute atomic E-state index is 0.200. The zero-order valence-electron chi connectivity index (χ0n) is 9.66. The van der Waals surface area contributed by atoms with Crippen molar-refractivity contribution in [2.45, 2.75) is 45.1 Å². The Balaban J connectivity index is 2.03. The maximum absolute atomic E-state index is 6.39. The molecule has 0 radical (unpaired) electrons. The van der Waals surface area contributed by atoms with E-state index in [2.05, 4.69) is 23.8 Å². The van der Waals surface area contributed by atoms with Crippen molar-refractivity contribution in [1.29, 1.82) is 0 Å². The summed E-state index contributed by atoms with van der Waals surface area (Å²) in [6, 6.07) is 0. The number of nitrogens with two attached hydrogens (primary N) is 1. The molecule has 1 fully saturated rings. The van der Waals surface area contributed by atoms with Gasteiger partial charge in [-0.15, -0.1) is 0 Å². The number of nitrogens with one attached hydrogen (secondary N) is 1. The van der Waals surface area contributed by atoms with Crippen LogP contribution in [0.1, 0.15) is 45.4 Å². The lowest BCUT2D eigenvalue weighted by Gasteiger charge is -2.37. The molecule has 3 N–H and O–H groups in total. The van der Waals surface area contributed by atoms with Crippen molar-refractivity contribution in [1.82, 2.24) is 9.97 Å². The number of hydrogen-bond acceptors (Lipinski definition) is 2. The van der Waals surface area contributed by atoms with Gasteiger partial charge in [-0.3, -0.25) is 0 Å². The molecule has 0 unspecified atom stereocenters. The van der Waals surface area contributed by atoms with Gasteiger partial charge in [-0.05, 0) is 37.5 Å². The molecule has 1 heterocycles. The largest absolute Gasteiger partial charge is 0.347 e. The van der Waals surface area contributed by atoms with E-state index in [1.807, 2.05) is 6.20 Å². The lowest BCUT2D eigenvalue weighted by atomic mass is 9.73. The van der Waals surface area contributed by atoms with E-state index >= 15 is 0 Å². The van der Waals surface area contributed by atoms with E-state index in [4.69, 9.17) is 5.73 Å². The van der Waals surface area contributed by atoms with Gasteiger partial charge in [0.25, 0.3) is 0 Å². The molecule has 1 saturated carbocycles. The number of hydrogen-bond donors (Lipinski definition) is 2. The molecule has 3 heteroatoms. The van der Waals surface area contributed by atoms with Gasteiger partial charge in [-0.2, -0.15) is 0 Å². The first-order valence-corrected chi connectivity index (χ1v) is 5.90. The van der Waals surface area contributed by atoms with Crippen molar-refractivity contribution in [3.05, 3.63) is 18.2 Å². The molecule has 1 aromatic heterocycles. The summed E-state index contributed by atoms with van der Waals surface area (Å²) in [6.45, 7) is 4.61. The summed E-state index contributed by atoms with van der Waals surface area (Å²) in [5.74, 6) is 2.59. The smallest absolute Gasteiger partial charge is 0.126 e. The van der Waals surface area contributed by atoms with E-state index in [0.29, 0.717) is 0 Å². The standard InChI is InChI=1S/C12H21N3/c1-9(2)10-3-5-12(13,6-4-10)11-14-7-8-15-11/h7-10H,3-6,13H2,1-2H3,(H,14,15). The molecule has 0 spiro atoms. The minimum atomic E-state index is -0.200. The topological polar surface area (TPSA) is 54.7 Å². The molecule has 2 rings (SSSR count). The van der Waals surface area contributed by atoms with Crippen molar-refractivity contribution in [3.63, 3.8) is 0 Å².